The van der Waals surface area contributed by atoms with Crippen molar-refractivity contribution in [2.45, 2.75) is 39.7 Å². The molecule has 0 amide bonds. The van der Waals surface area contributed by atoms with Gasteiger partial charge in [0.15, 0.2) is 0 Å². The summed E-state index contributed by atoms with van der Waals surface area (Å²) in [5.41, 5.74) is 0.570. The summed E-state index contributed by atoms with van der Waals surface area (Å²) in [7, 11) is 0. The van der Waals surface area contributed by atoms with Gasteiger partial charge in [-0.25, -0.2) is 9.78 Å². The van der Waals surface area contributed by atoms with E-state index >= 15 is 0 Å². The molecule has 0 saturated carbocycles. The quantitative estimate of drug-likeness (QED) is 0.782. The molecule has 5 heteroatoms. The van der Waals surface area contributed by atoms with Crippen molar-refractivity contribution in [2.75, 3.05) is 37.6 Å². The molecular weight excluding hydrogens is 278 g/mol. The summed E-state index contributed by atoms with van der Waals surface area (Å²) < 4.78 is 5.34. The Hall–Kier alpha value is -1.62. The van der Waals surface area contributed by atoms with Crippen molar-refractivity contribution >= 4 is 11.8 Å². The fourth-order valence-electron chi connectivity index (χ4n) is 2.81. The van der Waals surface area contributed by atoms with Crippen molar-refractivity contribution in [3.63, 3.8) is 0 Å². The zero-order valence-corrected chi connectivity index (χ0v) is 13.9. The van der Waals surface area contributed by atoms with E-state index in [0.29, 0.717) is 5.56 Å². The predicted octanol–water partition coefficient (Wildman–Crippen LogP) is 2.57. The number of rotatable bonds is 5. The largest absolute Gasteiger partial charge is 0.459 e. The number of carbonyl (C=O) groups is 1. The Morgan fingerprint density at radius 1 is 1.32 bits per heavy atom. The van der Waals surface area contributed by atoms with E-state index in [9.17, 15) is 4.79 Å². The lowest BCUT2D eigenvalue weighted by Gasteiger charge is -2.24. The molecule has 2 heterocycles. The normalized spacial score (nSPS) is 16.6. The summed E-state index contributed by atoms with van der Waals surface area (Å²) in [6.07, 6.45) is 3.89. The van der Waals surface area contributed by atoms with Gasteiger partial charge in [0.05, 0.1) is 6.10 Å². The summed E-state index contributed by atoms with van der Waals surface area (Å²) in [4.78, 5) is 21.4. The van der Waals surface area contributed by atoms with Gasteiger partial charge in [0.1, 0.15) is 11.4 Å². The van der Waals surface area contributed by atoms with Crippen LogP contribution in [0.2, 0.25) is 0 Å². The molecule has 0 bridgehead atoms. The summed E-state index contributed by atoms with van der Waals surface area (Å²) >= 11 is 0. The molecule has 5 nitrogen and oxygen atoms in total. The highest BCUT2D eigenvalue weighted by atomic mass is 16.5. The van der Waals surface area contributed by atoms with Gasteiger partial charge in [0.25, 0.3) is 0 Å². The molecule has 1 aliphatic rings. The smallest absolute Gasteiger partial charge is 0.342 e. The van der Waals surface area contributed by atoms with Gasteiger partial charge in [0.2, 0.25) is 0 Å². The molecule has 2 rings (SSSR count). The van der Waals surface area contributed by atoms with Crippen LogP contribution in [0.1, 0.15) is 44.0 Å². The fraction of sp³-hybridized carbons (Fsp3) is 0.647. The van der Waals surface area contributed by atoms with E-state index in [0.717, 1.165) is 45.0 Å². The minimum atomic E-state index is -0.284. The first-order chi connectivity index (χ1) is 10.6. The van der Waals surface area contributed by atoms with Crippen LogP contribution in [0.4, 0.5) is 5.82 Å². The highest BCUT2D eigenvalue weighted by molar-refractivity contribution is 5.94. The molecule has 22 heavy (non-hydrogen) atoms. The van der Waals surface area contributed by atoms with Crippen LogP contribution in [-0.4, -0.2) is 54.7 Å². The van der Waals surface area contributed by atoms with E-state index in [-0.39, 0.29) is 12.1 Å². The third kappa shape index (κ3) is 4.44. The Labute approximate surface area is 133 Å². The van der Waals surface area contributed by atoms with Gasteiger partial charge >= 0.3 is 5.97 Å². The molecule has 1 aliphatic heterocycles. The lowest BCUT2D eigenvalue weighted by Crippen LogP contribution is -2.32. The van der Waals surface area contributed by atoms with Gasteiger partial charge in [-0.3, -0.25) is 0 Å². The van der Waals surface area contributed by atoms with Gasteiger partial charge in [0, 0.05) is 25.8 Å². The van der Waals surface area contributed by atoms with Crippen LogP contribution in [0.3, 0.4) is 0 Å². The summed E-state index contributed by atoms with van der Waals surface area (Å²) in [6.45, 7) is 11.0. The second-order valence-corrected chi connectivity index (χ2v) is 6.01. The predicted molar refractivity (Wildman–Crippen MR) is 88.3 cm³/mol. The third-order valence-electron chi connectivity index (χ3n) is 3.78. The fourth-order valence-corrected chi connectivity index (χ4v) is 2.81. The molecule has 1 aromatic rings. The number of hydrogen-bond acceptors (Lipinski definition) is 5. The maximum Gasteiger partial charge on any atom is 0.342 e. The number of hydrogen-bond donors (Lipinski definition) is 0. The zero-order valence-electron chi connectivity index (χ0n) is 13.9. The minimum absolute atomic E-state index is 0.121. The van der Waals surface area contributed by atoms with Crippen molar-refractivity contribution in [2.24, 2.45) is 0 Å². The van der Waals surface area contributed by atoms with Crippen LogP contribution in [0.5, 0.6) is 0 Å². The lowest BCUT2D eigenvalue weighted by atomic mass is 10.2. The lowest BCUT2D eigenvalue weighted by molar-refractivity contribution is 0.0378. The maximum atomic E-state index is 12.3. The number of ether oxygens (including phenoxy) is 1. The second-order valence-electron chi connectivity index (χ2n) is 6.01. The van der Waals surface area contributed by atoms with E-state index in [2.05, 4.69) is 21.7 Å². The summed E-state index contributed by atoms with van der Waals surface area (Å²) in [5, 5.41) is 0. The van der Waals surface area contributed by atoms with Crippen LogP contribution in [0.15, 0.2) is 18.3 Å². The van der Waals surface area contributed by atoms with Gasteiger partial charge in [-0.05, 0) is 51.9 Å². The maximum absolute atomic E-state index is 12.3. The van der Waals surface area contributed by atoms with Gasteiger partial charge in [-0.15, -0.1) is 0 Å². The van der Waals surface area contributed by atoms with Crippen LogP contribution in [0.25, 0.3) is 0 Å². The van der Waals surface area contributed by atoms with Gasteiger partial charge in [-0.1, -0.05) is 6.92 Å². The van der Waals surface area contributed by atoms with Crippen LogP contribution in [0, 0.1) is 0 Å². The Morgan fingerprint density at radius 2 is 2.14 bits per heavy atom. The molecular formula is C17H27N3O2. The topological polar surface area (TPSA) is 45.7 Å². The van der Waals surface area contributed by atoms with Crippen molar-refractivity contribution in [3.8, 4) is 0 Å². The van der Waals surface area contributed by atoms with Crippen LogP contribution >= 0.6 is 0 Å². The Balaban J connectivity index is 2.13. The number of nitrogens with zero attached hydrogens (tertiary/aromatic N) is 3. The molecule has 0 atom stereocenters. The number of anilines is 1. The van der Waals surface area contributed by atoms with Crippen molar-refractivity contribution in [1.29, 1.82) is 0 Å². The molecule has 0 aromatic carbocycles. The van der Waals surface area contributed by atoms with Crippen LogP contribution < -0.4 is 4.90 Å². The summed E-state index contributed by atoms with van der Waals surface area (Å²) in [5.74, 6) is 0.472. The second kappa shape index (κ2) is 8.13. The molecule has 0 spiro atoms. The molecule has 0 N–H and O–H groups in total. The third-order valence-corrected chi connectivity index (χ3v) is 3.78. The standard InChI is InChI=1S/C17H27N3O2/c1-4-9-19-10-6-11-20(13-12-19)16-15(7-5-8-18-16)17(21)22-14(2)3/h5,7-8,14H,4,6,9-13H2,1-3H3. The van der Waals surface area contributed by atoms with E-state index in [1.54, 1.807) is 12.3 Å². The van der Waals surface area contributed by atoms with E-state index in [1.165, 1.54) is 6.42 Å². The van der Waals surface area contributed by atoms with Crippen molar-refractivity contribution in [1.82, 2.24) is 9.88 Å². The average Bonchev–Trinajstić information content (AvgIpc) is 2.72. The zero-order chi connectivity index (χ0) is 15.9. The molecule has 1 fully saturated rings. The van der Waals surface area contributed by atoms with Gasteiger partial charge in [-0.2, -0.15) is 0 Å². The first-order valence-electron chi connectivity index (χ1n) is 8.25. The minimum Gasteiger partial charge on any atom is -0.459 e. The monoisotopic (exact) mass is 305 g/mol. The molecule has 0 aliphatic carbocycles. The highest BCUT2D eigenvalue weighted by Gasteiger charge is 2.22. The first-order valence-corrected chi connectivity index (χ1v) is 8.25. The Bertz CT molecular complexity index is 491. The highest BCUT2D eigenvalue weighted by Crippen LogP contribution is 2.20. The molecule has 0 unspecified atom stereocenters. The van der Waals surface area contributed by atoms with Crippen LogP contribution in [-0.2, 0) is 4.74 Å². The van der Waals surface area contributed by atoms with E-state index in [1.807, 2.05) is 19.9 Å². The number of aromatic nitrogens is 1. The first kappa shape index (κ1) is 16.7. The molecule has 1 saturated heterocycles. The van der Waals surface area contributed by atoms with E-state index < -0.39 is 0 Å². The number of esters is 1. The van der Waals surface area contributed by atoms with Gasteiger partial charge < -0.3 is 14.5 Å². The summed E-state index contributed by atoms with van der Waals surface area (Å²) in [6, 6.07) is 3.60. The Morgan fingerprint density at radius 3 is 2.86 bits per heavy atom. The number of pyridine rings is 1. The Kier molecular flexibility index (Phi) is 6.19. The molecule has 122 valence electrons. The van der Waals surface area contributed by atoms with E-state index in [4.69, 9.17) is 4.74 Å². The number of carbonyl (C=O) groups excluding carboxylic acids is 1. The molecule has 0 radical (unpaired) electrons. The van der Waals surface area contributed by atoms with Crippen molar-refractivity contribution in [3.05, 3.63) is 23.9 Å². The average molecular weight is 305 g/mol. The van der Waals surface area contributed by atoms with Crippen molar-refractivity contribution < 1.29 is 9.53 Å². The SMILES string of the molecule is CCCN1CCCN(c2ncccc2C(=O)OC(C)C)CC1. The molecule has 1 aromatic heterocycles.